The van der Waals surface area contributed by atoms with Gasteiger partial charge in [0.05, 0.1) is 0 Å². The number of carbonyl (C=O) groups is 2. The molecule has 0 N–H and O–H groups in total. The third-order valence-electron chi connectivity index (χ3n) is 6.14. The van der Waals surface area contributed by atoms with Crippen molar-refractivity contribution in [3.8, 4) is 0 Å². The summed E-state index contributed by atoms with van der Waals surface area (Å²) in [5, 5.41) is 4.18. The van der Waals surface area contributed by atoms with Crippen LogP contribution in [0.15, 0.2) is 16.8 Å². The quantitative estimate of drug-likeness (QED) is 0.827. The molecule has 3 heterocycles. The van der Waals surface area contributed by atoms with Gasteiger partial charge in [-0.1, -0.05) is 0 Å². The van der Waals surface area contributed by atoms with E-state index in [1.807, 2.05) is 9.80 Å². The lowest BCUT2D eigenvalue weighted by Gasteiger charge is -2.35. The Morgan fingerprint density at radius 2 is 2.20 bits per heavy atom. The zero-order valence-corrected chi connectivity index (χ0v) is 15.6. The summed E-state index contributed by atoms with van der Waals surface area (Å²) in [5.41, 5.74) is 1.45. The second-order valence-corrected chi connectivity index (χ2v) is 8.47. The molecule has 1 saturated carbocycles. The number of rotatable bonds is 4. The number of piperidine rings is 1. The summed E-state index contributed by atoms with van der Waals surface area (Å²) in [6.45, 7) is 4.71. The smallest absolute Gasteiger partial charge is 0.251 e. The highest BCUT2D eigenvalue weighted by Crippen LogP contribution is 2.57. The summed E-state index contributed by atoms with van der Waals surface area (Å²) < 4.78 is 5.54. The summed E-state index contributed by atoms with van der Waals surface area (Å²) in [7, 11) is 0. The van der Waals surface area contributed by atoms with Crippen LogP contribution >= 0.6 is 11.3 Å². The molecular formula is C19H26N2O3S. The van der Waals surface area contributed by atoms with Crippen molar-refractivity contribution in [3.63, 3.8) is 0 Å². The van der Waals surface area contributed by atoms with Gasteiger partial charge in [-0.15, -0.1) is 0 Å². The van der Waals surface area contributed by atoms with Crippen molar-refractivity contribution in [1.29, 1.82) is 0 Å². The molecule has 6 heteroatoms. The normalized spacial score (nSPS) is 27.5. The number of hydrogen-bond donors (Lipinski definition) is 0. The highest BCUT2D eigenvalue weighted by Gasteiger charge is 2.58. The van der Waals surface area contributed by atoms with E-state index >= 15 is 0 Å². The first-order valence-corrected chi connectivity index (χ1v) is 10.2. The number of amides is 2. The topological polar surface area (TPSA) is 49.9 Å². The molecule has 0 unspecified atom stereocenters. The summed E-state index contributed by atoms with van der Waals surface area (Å²) in [6.07, 6.45) is 4.73. The fourth-order valence-corrected chi connectivity index (χ4v) is 5.13. The second kappa shape index (κ2) is 6.72. The molecule has 1 aliphatic carbocycles. The van der Waals surface area contributed by atoms with Gasteiger partial charge >= 0.3 is 0 Å². The minimum Gasteiger partial charge on any atom is -0.368 e. The fourth-order valence-electron chi connectivity index (χ4n) is 4.47. The van der Waals surface area contributed by atoms with E-state index in [-0.39, 0.29) is 23.3 Å². The number of nitrogens with zero attached hydrogens (tertiary/aromatic N) is 2. The fraction of sp³-hybridized carbons (Fsp3) is 0.684. The number of thiophene rings is 1. The molecule has 3 aliphatic rings. The minimum absolute atomic E-state index is 0.158. The van der Waals surface area contributed by atoms with Gasteiger partial charge in [-0.25, -0.2) is 0 Å². The van der Waals surface area contributed by atoms with Crippen molar-refractivity contribution in [2.45, 2.75) is 57.7 Å². The van der Waals surface area contributed by atoms with Crippen molar-refractivity contribution < 1.29 is 14.3 Å². The van der Waals surface area contributed by atoms with Crippen molar-refractivity contribution >= 4 is 23.2 Å². The van der Waals surface area contributed by atoms with Crippen LogP contribution in [0, 0.1) is 5.41 Å². The van der Waals surface area contributed by atoms with Crippen LogP contribution in [0.2, 0.25) is 0 Å². The summed E-state index contributed by atoms with van der Waals surface area (Å²) in [5.74, 6) is 0.331. The Kier molecular flexibility index (Phi) is 4.58. The van der Waals surface area contributed by atoms with E-state index in [1.54, 1.807) is 18.3 Å². The summed E-state index contributed by atoms with van der Waals surface area (Å²) in [6, 6.07) is 2.43. The number of carbonyl (C=O) groups excluding carboxylic acids is 2. The third-order valence-corrected chi connectivity index (χ3v) is 6.87. The molecule has 0 bridgehead atoms. The molecule has 0 aromatic carbocycles. The van der Waals surface area contributed by atoms with E-state index < -0.39 is 0 Å². The van der Waals surface area contributed by atoms with Gasteiger partial charge in [0.25, 0.3) is 5.91 Å². The standard InChI is InChI=1S/C19H26N2O3S/c1-14(22)21(12-15-4-10-25-13-15)17-11-19(17)5-7-20(8-6-19)18(23)16-3-2-9-24-16/h4,10,13,16-17H,2-3,5-9,11-12H2,1H3/t16-,17-/m1/s1. The molecule has 0 radical (unpaired) electrons. The van der Waals surface area contributed by atoms with E-state index in [1.165, 1.54) is 5.56 Å². The van der Waals surface area contributed by atoms with Gasteiger partial charge in [0.1, 0.15) is 6.10 Å². The molecular weight excluding hydrogens is 336 g/mol. The number of ether oxygens (including phenoxy) is 1. The van der Waals surface area contributed by atoms with Crippen LogP contribution in [0.3, 0.4) is 0 Å². The molecule has 2 saturated heterocycles. The molecule has 2 atom stereocenters. The first-order valence-electron chi connectivity index (χ1n) is 9.28. The molecule has 2 amide bonds. The van der Waals surface area contributed by atoms with Crippen molar-refractivity contribution in [2.24, 2.45) is 5.41 Å². The number of hydrogen-bond acceptors (Lipinski definition) is 4. The predicted octanol–water partition coefficient (Wildman–Crippen LogP) is 2.66. The Morgan fingerprint density at radius 3 is 2.80 bits per heavy atom. The van der Waals surface area contributed by atoms with Gasteiger partial charge in [0, 0.05) is 39.2 Å². The first kappa shape index (κ1) is 17.0. The van der Waals surface area contributed by atoms with Crippen molar-refractivity contribution in [3.05, 3.63) is 22.4 Å². The minimum atomic E-state index is -0.212. The van der Waals surface area contributed by atoms with Gasteiger partial charge in [-0.3, -0.25) is 9.59 Å². The van der Waals surface area contributed by atoms with E-state index in [9.17, 15) is 9.59 Å². The Hall–Kier alpha value is -1.40. The first-order chi connectivity index (χ1) is 12.1. The van der Waals surface area contributed by atoms with Crippen LogP contribution < -0.4 is 0 Å². The van der Waals surface area contributed by atoms with E-state index in [0.29, 0.717) is 19.2 Å². The Labute approximate surface area is 152 Å². The van der Waals surface area contributed by atoms with Gasteiger partial charge in [-0.2, -0.15) is 11.3 Å². The molecule has 4 rings (SSSR count). The lowest BCUT2D eigenvalue weighted by atomic mass is 9.91. The molecule has 1 spiro atoms. The Balaban J connectivity index is 1.35. The van der Waals surface area contributed by atoms with Gasteiger partial charge in [-0.05, 0) is 59.9 Å². The molecule has 25 heavy (non-hydrogen) atoms. The Bertz CT molecular complexity index is 631. The van der Waals surface area contributed by atoms with Crippen molar-refractivity contribution in [1.82, 2.24) is 9.80 Å². The maximum absolute atomic E-state index is 12.5. The summed E-state index contributed by atoms with van der Waals surface area (Å²) >= 11 is 1.67. The highest BCUT2D eigenvalue weighted by molar-refractivity contribution is 7.07. The SMILES string of the molecule is CC(=O)N(Cc1ccsc1)[C@@H]1CC12CCN(C(=O)[C@H]1CCCO1)CC2. The largest absolute Gasteiger partial charge is 0.368 e. The van der Waals surface area contributed by atoms with E-state index in [0.717, 1.165) is 45.2 Å². The monoisotopic (exact) mass is 362 g/mol. The van der Waals surface area contributed by atoms with Crippen molar-refractivity contribution in [2.75, 3.05) is 19.7 Å². The van der Waals surface area contributed by atoms with Gasteiger partial charge in [0.2, 0.25) is 5.91 Å². The van der Waals surface area contributed by atoms with Gasteiger partial charge < -0.3 is 14.5 Å². The van der Waals surface area contributed by atoms with Crippen LogP contribution in [0.5, 0.6) is 0 Å². The molecule has 1 aromatic rings. The second-order valence-electron chi connectivity index (χ2n) is 7.69. The molecule has 5 nitrogen and oxygen atoms in total. The average molecular weight is 362 g/mol. The maximum Gasteiger partial charge on any atom is 0.251 e. The Morgan fingerprint density at radius 1 is 1.40 bits per heavy atom. The van der Waals surface area contributed by atoms with Crippen LogP contribution in [0.25, 0.3) is 0 Å². The molecule has 3 fully saturated rings. The zero-order valence-electron chi connectivity index (χ0n) is 14.8. The predicted molar refractivity (Wildman–Crippen MR) is 96.2 cm³/mol. The zero-order chi connectivity index (χ0) is 17.4. The van der Waals surface area contributed by atoms with Gasteiger partial charge in [0.15, 0.2) is 0 Å². The van der Waals surface area contributed by atoms with Crippen LogP contribution in [-0.2, 0) is 20.9 Å². The molecule has 1 aromatic heterocycles. The van der Waals surface area contributed by atoms with Crippen LogP contribution in [0.4, 0.5) is 0 Å². The summed E-state index contributed by atoms with van der Waals surface area (Å²) in [4.78, 5) is 28.7. The maximum atomic E-state index is 12.5. The van der Waals surface area contributed by atoms with E-state index in [2.05, 4.69) is 16.8 Å². The lowest BCUT2D eigenvalue weighted by molar-refractivity contribution is -0.143. The van der Waals surface area contributed by atoms with Crippen LogP contribution in [-0.4, -0.2) is 53.5 Å². The third kappa shape index (κ3) is 3.34. The van der Waals surface area contributed by atoms with E-state index in [4.69, 9.17) is 4.74 Å². The molecule has 2 aliphatic heterocycles. The number of likely N-dealkylation sites (tertiary alicyclic amines) is 1. The average Bonchev–Trinajstić information content (AvgIpc) is 3.07. The highest BCUT2D eigenvalue weighted by atomic mass is 32.1. The van der Waals surface area contributed by atoms with Crippen LogP contribution in [0.1, 0.15) is 44.6 Å². The lowest BCUT2D eigenvalue weighted by Crippen LogP contribution is -2.46. The molecule has 136 valence electrons.